The lowest BCUT2D eigenvalue weighted by molar-refractivity contribution is 0.160. The van der Waals surface area contributed by atoms with Gasteiger partial charge >= 0.3 is 0 Å². The summed E-state index contributed by atoms with van der Waals surface area (Å²) in [5, 5.41) is 9.96. The first-order chi connectivity index (χ1) is 7.34. The van der Waals surface area contributed by atoms with Crippen molar-refractivity contribution in [3.05, 3.63) is 41.0 Å². The van der Waals surface area contributed by atoms with E-state index in [-0.39, 0.29) is 6.10 Å². The van der Waals surface area contributed by atoms with Crippen LogP contribution in [0.3, 0.4) is 0 Å². The Kier molecular flexibility index (Phi) is 2.14. The number of hydrogen-bond acceptors (Lipinski definition) is 1. The lowest BCUT2D eigenvalue weighted by Crippen LogP contribution is -2.27. The molecule has 1 saturated carbocycles. The third-order valence-electron chi connectivity index (χ3n) is 3.73. The van der Waals surface area contributed by atoms with Crippen LogP contribution in [0.4, 0.5) is 0 Å². The molecule has 2 atom stereocenters. The Balaban J connectivity index is 2.05. The van der Waals surface area contributed by atoms with Gasteiger partial charge < -0.3 is 5.11 Å². The predicted octanol–water partition coefficient (Wildman–Crippen LogP) is 2.79. The molecular formula is C14H16O. The maximum atomic E-state index is 9.96. The van der Waals surface area contributed by atoms with Gasteiger partial charge in [0.15, 0.2) is 0 Å². The molecule has 1 aromatic rings. The second kappa shape index (κ2) is 3.49. The van der Waals surface area contributed by atoms with Crippen LogP contribution in [0.25, 0.3) is 6.08 Å². The maximum Gasteiger partial charge on any atom is 0.0756 e. The Labute approximate surface area is 90.4 Å². The van der Waals surface area contributed by atoms with E-state index in [1.54, 1.807) is 0 Å². The molecule has 2 aliphatic carbocycles. The predicted molar refractivity (Wildman–Crippen MR) is 61.5 cm³/mol. The number of benzene rings is 1. The third kappa shape index (κ3) is 1.51. The minimum absolute atomic E-state index is 0.183. The van der Waals surface area contributed by atoms with Crippen molar-refractivity contribution in [1.82, 2.24) is 0 Å². The van der Waals surface area contributed by atoms with E-state index in [1.807, 2.05) is 0 Å². The second-order valence-electron chi connectivity index (χ2n) is 4.69. The summed E-state index contributed by atoms with van der Waals surface area (Å²) in [7, 11) is 0. The first-order valence-corrected chi connectivity index (χ1v) is 5.82. The van der Waals surface area contributed by atoms with Crippen molar-refractivity contribution in [3.63, 3.8) is 0 Å². The quantitative estimate of drug-likeness (QED) is 0.682. The van der Waals surface area contributed by atoms with Gasteiger partial charge in [0.05, 0.1) is 6.10 Å². The van der Waals surface area contributed by atoms with Crippen molar-refractivity contribution in [3.8, 4) is 0 Å². The van der Waals surface area contributed by atoms with E-state index in [2.05, 4.69) is 30.3 Å². The van der Waals surface area contributed by atoms with Crippen molar-refractivity contribution < 1.29 is 5.11 Å². The highest BCUT2D eigenvalue weighted by atomic mass is 16.3. The van der Waals surface area contributed by atoms with Crippen LogP contribution in [0.5, 0.6) is 0 Å². The molecule has 0 heterocycles. The molecule has 2 unspecified atom stereocenters. The van der Waals surface area contributed by atoms with E-state index in [4.69, 9.17) is 0 Å². The van der Waals surface area contributed by atoms with Gasteiger partial charge in [-0.1, -0.05) is 30.3 Å². The number of aliphatic hydroxyl groups excluding tert-OH is 1. The molecule has 1 nitrogen and oxygen atoms in total. The lowest BCUT2D eigenvalue weighted by Gasteiger charge is -2.33. The summed E-state index contributed by atoms with van der Waals surface area (Å²) in [6.45, 7) is 0. The van der Waals surface area contributed by atoms with Gasteiger partial charge in [0.2, 0.25) is 0 Å². The van der Waals surface area contributed by atoms with Gasteiger partial charge in [0, 0.05) is 0 Å². The Bertz CT molecular complexity index is 406. The molecule has 15 heavy (non-hydrogen) atoms. The molecule has 3 rings (SSSR count). The van der Waals surface area contributed by atoms with E-state index >= 15 is 0 Å². The van der Waals surface area contributed by atoms with Gasteiger partial charge in [-0.3, -0.25) is 0 Å². The lowest BCUT2D eigenvalue weighted by atomic mass is 9.74. The zero-order valence-corrected chi connectivity index (χ0v) is 8.82. The molecule has 1 fully saturated rings. The number of rotatable bonds is 0. The minimum atomic E-state index is -0.183. The molecule has 0 amide bonds. The summed E-state index contributed by atoms with van der Waals surface area (Å²) in [6.07, 6.45) is 6.52. The molecule has 2 aliphatic rings. The van der Waals surface area contributed by atoms with Crippen LogP contribution < -0.4 is 0 Å². The fourth-order valence-corrected chi connectivity index (χ4v) is 2.90. The van der Waals surface area contributed by atoms with Gasteiger partial charge in [-0.25, -0.2) is 0 Å². The van der Waals surface area contributed by atoms with Gasteiger partial charge in [-0.2, -0.15) is 0 Å². The van der Waals surface area contributed by atoms with E-state index in [0.29, 0.717) is 5.92 Å². The average Bonchev–Trinajstić information content (AvgIpc) is 2.27. The Hall–Kier alpha value is -1.08. The van der Waals surface area contributed by atoms with Crippen LogP contribution in [0.15, 0.2) is 29.8 Å². The summed E-state index contributed by atoms with van der Waals surface area (Å²) in [5.41, 5.74) is 4.03. The summed E-state index contributed by atoms with van der Waals surface area (Å²) < 4.78 is 0. The van der Waals surface area contributed by atoms with Crippen molar-refractivity contribution in [2.24, 2.45) is 5.92 Å². The number of fused-ring (bicyclic) bond motifs is 2. The Morgan fingerprint density at radius 1 is 1.13 bits per heavy atom. The van der Waals surface area contributed by atoms with Gasteiger partial charge in [-0.05, 0) is 48.3 Å². The maximum absolute atomic E-state index is 9.96. The van der Waals surface area contributed by atoms with Crippen LogP contribution in [0.1, 0.15) is 30.4 Å². The van der Waals surface area contributed by atoms with Crippen molar-refractivity contribution in [2.45, 2.75) is 31.8 Å². The van der Waals surface area contributed by atoms with Crippen LogP contribution in [0, 0.1) is 5.92 Å². The highest BCUT2D eigenvalue weighted by molar-refractivity contribution is 5.61. The SMILES string of the molecule is OC1CCCC2Cc3ccccc3C=C12. The molecule has 1 heteroatoms. The highest BCUT2D eigenvalue weighted by Crippen LogP contribution is 2.37. The molecule has 0 saturated heterocycles. The largest absolute Gasteiger partial charge is 0.389 e. The average molecular weight is 200 g/mol. The standard InChI is InChI=1S/C14H16O/c15-14-7-3-6-12-8-10-4-1-2-5-11(10)9-13(12)14/h1-2,4-5,9,12,14-15H,3,6-8H2. The summed E-state index contributed by atoms with van der Waals surface area (Å²) >= 11 is 0. The molecular weight excluding hydrogens is 184 g/mol. The molecule has 0 aliphatic heterocycles. The van der Waals surface area contributed by atoms with Crippen molar-refractivity contribution in [2.75, 3.05) is 0 Å². The van der Waals surface area contributed by atoms with E-state index in [1.165, 1.54) is 29.5 Å². The fourth-order valence-electron chi connectivity index (χ4n) is 2.90. The van der Waals surface area contributed by atoms with E-state index in [9.17, 15) is 5.11 Å². The summed E-state index contributed by atoms with van der Waals surface area (Å²) in [6, 6.07) is 8.55. The zero-order valence-electron chi connectivity index (χ0n) is 8.82. The molecule has 78 valence electrons. The normalized spacial score (nSPS) is 29.0. The molecule has 0 aromatic heterocycles. The van der Waals surface area contributed by atoms with E-state index < -0.39 is 0 Å². The van der Waals surface area contributed by atoms with Crippen LogP contribution in [-0.4, -0.2) is 11.2 Å². The van der Waals surface area contributed by atoms with Gasteiger partial charge in [-0.15, -0.1) is 0 Å². The smallest absolute Gasteiger partial charge is 0.0756 e. The van der Waals surface area contributed by atoms with Crippen LogP contribution in [0.2, 0.25) is 0 Å². The first-order valence-electron chi connectivity index (χ1n) is 5.82. The molecule has 0 spiro atoms. The number of aliphatic hydroxyl groups is 1. The summed E-state index contributed by atoms with van der Waals surface area (Å²) in [5.74, 6) is 0.601. The highest BCUT2D eigenvalue weighted by Gasteiger charge is 2.29. The second-order valence-corrected chi connectivity index (χ2v) is 4.69. The zero-order chi connectivity index (χ0) is 10.3. The summed E-state index contributed by atoms with van der Waals surface area (Å²) in [4.78, 5) is 0. The number of hydrogen-bond donors (Lipinski definition) is 1. The Morgan fingerprint density at radius 3 is 2.93 bits per heavy atom. The van der Waals surface area contributed by atoms with Crippen LogP contribution >= 0.6 is 0 Å². The Morgan fingerprint density at radius 2 is 2.00 bits per heavy atom. The van der Waals surface area contributed by atoms with Crippen molar-refractivity contribution >= 4 is 6.08 Å². The van der Waals surface area contributed by atoms with E-state index in [0.717, 1.165) is 12.8 Å². The molecule has 0 bridgehead atoms. The third-order valence-corrected chi connectivity index (χ3v) is 3.73. The van der Waals surface area contributed by atoms with Gasteiger partial charge in [0.1, 0.15) is 0 Å². The minimum Gasteiger partial charge on any atom is -0.389 e. The van der Waals surface area contributed by atoms with Crippen molar-refractivity contribution in [1.29, 1.82) is 0 Å². The molecule has 1 N–H and O–H groups in total. The monoisotopic (exact) mass is 200 g/mol. The van der Waals surface area contributed by atoms with Gasteiger partial charge in [0.25, 0.3) is 0 Å². The topological polar surface area (TPSA) is 20.2 Å². The van der Waals surface area contributed by atoms with Crippen LogP contribution in [-0.2, 0) is 6.42 Å². The molecule has 0 radical (unpaired) electrons. The first kappa shape index (κ1) is 9.17. The molecule has 1 aromatic carbocycles. The fraction of sp³-hybridized carbons (Fsp3) is 0.429.